The largest absolute Gasteiger partial charge is 0.478 e. The Kier molecular flexibility index (Phi) is 4.93. The second kappa shape index (κ2) is 7.61. The molecule has 8 heteroatoms. The summed E-state index contributed by atoms with van der Waals surface area (Å²) in [6.07, 6.45) is 2.21. The van der Waals surface area contributed by atoms with E-state index in [1.807, 2.05) is 12.1 Å². The summed E-state index contributed by atoms with van der Waals surface area (Å²) in [4.78, 5) is 15.6. The molecule has 2 aromatic carbocycles. The Labute approximate surface area is 183 Å². The summed E-state index contributed by atoms with van der Waals surface area (Å²) in [5.74, 6) is 0.411. The van der Waals surface area contributed by atoms with Crippen LogP contribution in [0.5, 0.6) is 0 Å². The number of rotatable bonds is 6. The summed E-state index contributed by atoms with van der Waals surface area (Å²) in [5, 5.41) is 14.7. The van der Waals surface area contributed by atoms with E-state index in [1.165, 1.54) is 0 Å². The van der Waals surface area contributed by atoms with Crippen LogP contribution < -0.4 is 4.90 Å². The van der Waals surface area contributed by atoms with Crippen LogP contribution in [0, 0.1) is 0 Å². The van der Waals surface area contributed by atoms with Crippen LogP contribution in [0.4, 0.5) is 5.69 Å². The van der Waals surface area contributed by atoms with E-state index in [1.54, 1.807) is 30.3 Å². The first-order valence-corrected chi connectivity index (χ1v) is 10.5. The predicted octanol–water partition coefficient (Wildman–Crippen LogP) is 5.46. The zero-order valence-corrected chi connectivity index (χ0v) is 17.5. The van der Waals surface area contributed by atoms with Gasteiger partial charge in [-0.25, -0.2) is 4.79 Å². The van der Waals surface area contributed by atoms with Gasteiger partial charge in [-0.3, -0.25) is 4.90 Å². The molecule has 0 bridgehead atoms. The van der Waals surface area contributed by atoms with Gasteiger partial charge in [0.05, 0.1) is 28.9 Å². The van der Waals surface area contributed by atoms with Crippen molar-refractivity contribution in [3.63, 3.8) is 0 Å². The molecule has 0 radical (unpaired) electrons. The lowest BCUT2D eigenvalue weighted by atomic mass is 10.0. The molecule has 0 atom stereocenters. The van der Waals surface area contributed by atoms with Crippen LogP contribution in [0.2, 0.25) is 10.0 Å². The van der Waals surface area contributed by atoms with Crippen molar-refractivity contribution in [3.8, 4) is 11.3 Å². The molecule has 1 aromatic heterocycles. The molecule has 1 aliphatic heterocycles. The lowest BCUT2D eigenvalue weighted by Gasteiger charge is -2.44. The second-order valence-electron chi connectivity index (χ2n) is 7.75. The van der Waals surface area contributed by atoms with Gasteiger partial charge < -0.3 is 14.5 Å². The number of carboxylic acid groups (broad SMARTS) is 1. The number of aromatic carboxylic acids is 1. The van der Waals surface area contributed by atoms with Crippen LogP contribution in [0.25, 0.3) is 11.3 Å². The molecule has 1 saturated carbocycles. The number of hydrogen-bond donors (Lipinski definition) is 1. The SMILES string of the molecule is O=C(O)c1cccc(N2CN(Cc3c(-c4c(Cl)cccc4Cl)noc3C3CC3)C2)c1. The Balaban J connectivity index is 1.38. The molecule has 6 nitrogen and oxygen atoms in total. The molecule has 2 aliphatic rings. The Hall–Kier alpha value is -2.54. The number of aromatic nitrogens is 1. The third-order valence-electron chi connectivity index (χ3n) is 5.55. The van der Waals surface area contributed by atoms with Gasteiger partial charge in [-0.2, -0.15) is 0 Å². The number of carbonyl (C=O) groups is 1. The van der Waals surface area contributed by atoms with E-state index >= 15 is 0 Å². The molecule has 1 aliphatic carbocycles. The van der Waals surface area contributed by atoms with E-state index in [9.17, 15) is 9.90 Å². The van der Waals surface area contributed by atoms with Gasteiger partial charge in [0.15, 0.2) is 0 Å². The summed E-state index contributed by atoms with van der Waals surface area (Å²) in [6.45, 7) is 2.05. The molecule has 3 aromatic rings. The molecule has 1 N–H and O–H groups in total. The van der Waals surface area contributed by atoms with Crippen LogP contribution in [-0.4, -0.2) is 34.5 Å². The molecule has 0 spiro atoms. The first-order chi connectivity index (χ1) is 14.5. The Morgan fingerprint density at radius 1 is 1.13 bits per heavy atom. The quantitative estimate of drug-likeness (QED) is 0.545. The Bertz CT molecular complexity index is 1100. The predicted molar refractivity (Wildman–Crippen MR) is 115 cm³/mol. The third kappa shape index (κ3) is 3.55. The van der Waals surface area contributed by atoms with Gasteiger partial charge in [0.1, 0.15) is 11.5 Å². The van der Waals surface area contributed by atoms with E-state index in [0.717, 1.165) is 29.9 Å². The Morgan fingerprint density at radius 2 is 1.83 bits per heavy atom. The highest BCUT2D eigenvalue weighted by molar-refractivity contribution is 6.39. The maximum atomic E-state index is 11.2. The molecule has 0 amide bonds. The van der Waals surface area contributed by atoms with Crippen LogP contribution in [-0.2, 0) is 6.54 Å². The lowest BCUT2D eigenvalue weighted by molar-refractivity contribution is 0.0697. The molecule has 1 saturated heterocycles. The summed E-state index contributed by atoms with van der Waals surface area (Å²) in [6, 6.07) is 12.4. The summed E-state index contributed by atoms with van der Waals surface area (Å²) in [7, 11) is 0. The smallest absolute Gasteiger partial charge is 0.335 e. The minimum atomic E-state index is -0.922. The van der Waals surface area contributed by atoms with Gasteiger partial charge in [0, 0.05) is 29.3 Å². The van der Waals surface area contributed by atoms with Crippen LogP contribution in [0.1, 0.15) is 40.4 Å². The Morgan fingerprint density at radius 3 is 2.50 bits per heavy atom. The summed E-state index contributed by atoms with van der Waals surface area (Å²) < 4.78 is 5.73. The molecule has 5 rings (SSSR count). The lowest BCUT2D eigenvalue weighted by Crippen LogP contribution is -2.54. The number of carboxylic acids is 1. The molecule has 2 fully saturated rings. The van der Waals surface area contributed by atoms with Crippen molar-refractivity contribution in [2.75, 3.05) is 18.2 Å². The van der Waals surface area contributed by atoms with Crippen LogP contribution in [0.15, 0.2) is 47.0 Å². The molecular weight excluding hydrogens is 425 g/mol. The molecule has 2 heterocycles. The van der Waals surface area contributed by atoms with Crippen molar-refractivity contribution >= 4 is 34.9 Å². The topological polar surface area (TPSA) is 69.8 Å². The van der Waals surface area contributed by atoms with E-state index in [4.69, 9.17) is 27.7 Å². The molecule has 0 unspecified atom stereocenters. The summed E-state index contributed by atoms with van der Waals surface area (Å²) >= 11 is 12.9. The average molecular weight is 444 g/mol. The van der Waals surface area contributed by atoms with Crippen molar-refractivity contribution in [2.24, 2.45) is 0 Å². The minimum absolute atomic E-state index is 0.289. The minimum Gasteiger partial charge on any atom is -0.478 e. The van der Waals surface area contributed by atoms with Gasteiger partial charge in [-0.15, -0.1) is 0 Å². The fourth-order valence-electron chi connectivity index (χ4n) is 3.83. The van der Waals surface area contributed by atoms with Gasteiger partial charge in [-0.1, -0.05) is 40.5 Å². The average Bonchev–Trinajstić information content (AvgIpc) is 3.46. The van der Waals surface area contributed by atoms with Gasteiger partial charge in [0.25, 0.3) is 0 Å². The number of hydrogen-bond acceptors (Lipinski definition) is 5. The molecular formula is C22H19Cl2N3O3. The maximum absolute atomic E-state index is 11.2. The summed E-state index contributed by atoms with van der Waals surface area (Å²) in [5.41, 5.74) is 3.63. The zero-order chi connectivity index (χ0) is 20.8. The second-order valence-corrected chi connectivity index (χ2v) is 8.57. The van der Waals surface area contributed by atoms with E-state index in [2.05, 4.69) is 15.0 Å². The molecule has 154 valence electrons. The van der Waals surface area contributed by atoms with E-state index in [0.29, 0.717) is 47.1 Å². The van der Waals surface area contributed by atoms with Crippen molar-refractivity contribution in [3.05, 3.63) is 69.4 Å². The van der Waals surface area contributed by atoms with Crippen molar-refractivity contribution in [2.45, 2.75) is 25.3 Å². The monoisotopic (exact) mass is 443 g/mol. The maximum Gasteiger partial charge on any atom is 0.335 e. The fourth-order valence-corrected chi connectivity index (χ4v) is 4.40. The highest BCUT2D eigenvalue weighted by atomic mass is 35.5. The van der Waals surface area contributed by atoms with Crippen LogP contribution in [0.3, 0.4) is 0 Å². The van der Waals surface area contributed by atoms with Crippen molar-refractivity contribution in [1.82, 2.24) is 10.1 Å². The number of nitrogens with zero attached hydrogens (tertiary/aromatic N) is 3. The van der Waals surface area contributed by atoms with E-state index in [-0.39, 0.29) is 5.56 Å². The number of anilines is 1. The van der Waals surface area contributed by atoms with Crippen LogP contribution >= 0.6 is 23.2 Å². The standard InChI is InChI=1S/C22H19Cl2N3O3/c23-17-5-2-6-18(24)19(17)20-16(21(30-25-20)13-7-8-13)10-26-11-27(12-26)15-4-1-3-14(9-15)22(28)29/h1-6,9,13H,7-8,10-12H2,(H,28,29). The fraction of sp³-hybridized carbons (Fsp3) is 0.273. The highest BCUT2D eigenvalue weighted by Crippen LogP contribution is 2.46. The normalized spacial score (nSPS) is 16.5. The van der Waals surface area contributed by atoms with Gasteiger partial charge >= 0.3 is 5.97 Å². The van der Waals surface area contributed by atoms with Gasteiger partial charge in [-0.05, 0) is 43.2 Å². The zero-order valence-electron chi connectivity index (χ0n) is 16.0. The first-order valence-electron chi connectivity index (χ1n) is 9.74. The van der Waals surface area contributed by atoms with Crippen molar-refractivity contribution in [1.29, 1.82) is 0 Å². The number of halogens is 2. The number of benzene rings is 2. The van der Waals surface area contributed by atoms with Gasteiger partial charge in [0.2, 0.25) is 0 Å². The molecule has 30 heavy (non-hydrogen) atoms. The van der Waals surface area contributed by atoms with E-state index < -0.39 is 5.97 Å². The first kappa shape index (κ1) is 19.4. The highest BCUT2D eigenvalue weighted by Gasteiger charge is 2.35. The van der Waals surface area contributed by atoms with Crippen molar-refractivity contribution < 1.29 is 14.4 Å². The third-order valence-corrected chi connectivity index (χ3v) is 6.18.